The van der Waals surface area contributed by atoms with E-state index >= 15 is 0 Å². The third-order valence-corrected chi connectivity index (χ3v) is 5.15. The Kier molecular flexibility index (Phi) is 4.89. The molecule has 0 aliphatic rings. The molecule has 0 aliphatic heterocycles. The molecule has 2 aromatic heterocycles. The Hall–Kier alpha value is -1.89. The molecule has 1 amide bonds. The summed E-state index contributed by atoms with van der Waals surface area (Å²) in [6.07, 6.45) is 1.43. The number of hydrogen-bond acceptors (Lipinski definition) is 5. The van der Waals surface area contributed by atoms with Crippen LogP contribution in [-0.4, -0.2) is 22.5 Å². The summed E-state index contributed by atoms with van der Waals surface area (Å²) in [5, 5.41) is 4.40. The molecule has 0 fully saturated rings. The second-order valence-corrected chi connectivity index (χ2v) is 7.15. The fraction of sp³-hybridized carbons (Fsp3) is 0.188. The van der Waals surface area contributed by atoms with Gasteiger partial charge in [-0.2, -0.15) is 0 Å². The number of halogens is 2. The summed E-state index contributed by atoms with van der Waals surface area (Å²) in [6.45, 7) is 3.80. The number of anilines is 1. The number of aromatic nitrogens is 2. The van der Waals surface area contributed by atoms with Crippen molar-refractivity contribution in [1.82, 2.24) is 9.97 Å². The monoisotopic (exact) mass is 381 g/mol. The van der Waals surface area contributed by atoms with E-state index in [1.54, 1.807) is 29.5 Å². The van der Waals surface area contributed by atoms with Gasteiger partial charge in [0.15, 0.2) is 6.61 Å². The largest absolute Gasteiger partial charge is 0.467 e. The van der Waals surface area contributed by atoms with Crippen molar-refractivity contribution < 1.29 is 9.53 Å². The highest BCUT2D eigenvalue weighted by Crippen LogP contribution is 2.33. The Morgan fingerprint density at radius 3 is 2.88 bits per heavy atom. The van der Waals surface area contributed by atoms with Crippen molar-refractivity contribution in [3.63, 3.8) is 0 Å². The quantitative estimate of drug-likeness (QED) is 0.715. The molecule has 0 saturated heterocycles. The molecule has 124 valence electrons. The average molecular weight is 382 g/mol. The number of nitrogens with zero attached hydrogens (tertiary/aromatic N) is 2. The number of hydrogen-bond donors (Lipinski definition) is 1. The second-order valence-electron chi connectivity index (χ2n) is 5.10. The van der Waals surface area contributed by atoms with Crippen molar-refractivity contribution in [3.8, 4) is 5.88 Å². The maximum absolute atomic E-state index is 12.1. The molecule has 0 bridgehead atoms. The Balaban J connectivity index is 1.74. The first kappa shape index (κ1) is 17.0. The van der Waals surface area contributed by atoms with Crippen LogP contribution in [0.5, 0.6) is 5.88 Å². The van der Waals surface area contributed by atoms with Crippen LogP contribution >= 0.6 is 34.5 Å². The lowest BCUT2D eigenvalue weighted by Gasteiger charge is -2.09. The first-order chi connectivity index (χ1) is 11.5. The van der Waals surface area contributed by atoms with Crippen LogP contribution in [0.25, 0.3) is 10.2 Å². The van der Waals surface area contributed by atoms with Crippen molar-refractivity contribution in [1.29, 1.82) is 0 Å². The molecule has 0 radical (unpaired) electrons. The lowest BCUT2D eigenvalue weighted by atomic mass is 10.2. The van der Waals surface area contributed by atoms with E-state index in [0.717, 1.165) is 20.7 Å². The summed E-state index contributed by atoms with van der Waals surface area (Å²) in [6, 6.07) is 4.85. The van der Waals surface area contributed by atoms with Gasteiger partial charge in [-0.15, -0.1) is 11.3 Å². The van der Waals surface area contributed by atoms with Crippen molar-refractivity contribution in [3.05, 3.63) is 45.0 Å². The van der Waals surface area contributed by atoms with Crippen LogP contribution in [0.1, 0.15) is 10.4 Å². The topological polar surface area (TPSA) is 64.1 Å². The van der Waals surface area contributed by atoms with Gasteiger partial charge in [-0.1, -0.05) is 23.2 Å². The lowest BCUT2D eigenvalue weighted by molar-refractivity contribution is -0.118. The van der Waals surface area contributed by atoms with Gasteiger partial charge in [0.2, 0.25) is 5.88 Å². The number of thiophene rings is 1. The van der Waals surface area contributed by atoms with Gasteiger partial charge < -0.3 is 10.1 Å². The molecule has 0 spiro atoms. The van der Waals surface area contributed by atoms with E-state index in [0.29, 0.717) is 21.6 Å². The number of amides is 1. The third kappa shape index (κ3) is 3.45. The van der Waals surface area contributed by atoms with Crippen LogP contribution in [0.15, 0.2) is 24.5 Å². The Labute approximate surface area is 152 Å². The van der Waals surface area contributed by atoms with Crippen molar-refractivity contribution in [2.24, 2.45) is 0 Å². The van der Waals surface area contributed by atoms with E-state index in [9.17, 15) is 4.79 Å². The van der Waals surface area contributed by atoms with E-state index < -0.39 is 0 Å². The van der Waals surface area contributed by atoms with Gasteiger partial charge in [0.1, 0.15) is 11.2 Å². The Bertz CT molecular complexity index is 927. The summed E-state index contributed by atoms with van der Waals surface area (Å²) < 4.78 is 5.58. The highest BCUT2D eigenvalue weighted by Gasteiger charge is 2.14. The summed E-state index contributed by atoms with van der Waals surface area (Å²) >= 11 is 13.5. The molecular weight excluding hydrogens is 369 g/mol. The lowest BCUT2D eigenvalue weighted by Crippen LogP contribution is -2.20. The highest BCUT2D eigenvalue weighted by molar-refractivity contribution is 7.18. The van der Waals surface area contributed by atoms with E-state index in [4.69, 9.17) is 27.9 Å². The number of rotatable bonds is 4. The van der Waals surface area contributed by atoms with E-state index in [2.05, 4.69) is 15.3 Å². The van der Waals surface area contributed by atoms with Gasteiger partial charge in [-0.3, -0.25) is 4.79 Å². The number of carbonyl (C=O) groups excluding carboxylic acids is 1. The molecular formula is C16H13Cl2N3O2S. The minimum absolute atomic E-state index is 0.191. The van der Waals surface area contributed by atoms with Crippen LogP contribution < -0.4 is 10.1 Å². The van der Waals surface area contributed by atoms with Gasteiger partial charge >= 0.3 is 0 Å². The molecule has 3 aromatic rings. The van der Waals surface area contributed by atoms with E-state index in [-0.39, 0.29) is 12.5 Å². The van der Waals surface area contributed by atoms with Crippen molar-refractivity contribution in [2.75, 3.05) is 11.9 Å². The Morgan fingerprint density at radius 1 is 1.29 bits per heavy atom. The number of carbonyl (C=O) groups is 1. The van der Waals surface area contributed by atoms with Crippen LogP contribution in [0, 0.1) is 13.8 Å². The smallest absolute Gasteiger partial charge is 0.262 e. The first-order valence-electron chi connectivity index (χ1n) is 7.04. The summed E-state index contributed by atoms with van der Waals surface area (Å²) in [5.74, 6) is 0.0460. The zero-order valence-corrected chi connectivity index (χ0v) is 15.2. The minimum Gasteiger partial charge on any atom is -0.467 e. The van der Waals surface area contributed by atoms with Gasteiger partial charge in [0, 0.05) is 9.90 Å². The normalized spacial score (nSPS) is 10.8. The third-order valence-electron chi connectivity index (χ3n) is 3.47. The maximum Gasteiger partial charge on any atom is 0.262 e. The number of fused-ring (bicyclic) bond motifs is 1. The zero-order chi connectivity index (χ0) is 17.3. The molecule has 1 aromatic carbocycles. The molecule has 0 unspecified atom stereocenters. The zero-order valence-electron chi connectivity index (χ0n) is 12.9. The van der Waals surface area contributed by atoms with Crippen LogP contribution in [-0.2, 0) is 4.79 Å². The number of benzene rings is 1. The summed E-state index contributed by atoms with van der Waals surface area (Å²) in [5.41, 5.74) is 1.50. The van der Waals surface area contributed by atoms with Crippen LogP contribution in [0.4, 0.5) is 5.69 Å². The van der Waals surface area contributed by atoms with Crippen LogP contribution in [0.2, 0.25) is 10.0 Å². The second kappa shape index (κ2) is 6.93. The molecule has 24 heavy (non-hydrogen) atoms. The molecule has 8 heteroatoms. The number of aryl methyl sites for hydroxylation is 2. The van der Waals surface area contributed by atoms with E-state index in [1.165, 1.54) is 6.33 Å². The predicted octanol–water partition coefficient (Wildman–Crippen LogP) is 4.63. The van der Waals surface area contributed by atoms with Gasteiger partial charge in [0.25, 0.3) is 5.91 Å². The molecule has 2 heterocycles. The molecule has 5 nitrogen and oxygen atoms in total. The molecule has 0 aliphatic carbocycles. The fourth-order valence-corrected chi connectivity index (χ4v) is 3.50. The predicted molar refractivity (Wildman–Crippen MR) is 97.5 cm³/mol. The molecule has 0 atom stereocenters. The number of ether oxygens (including phenoxy) is 1. The summed E-state index contributed by atoms with van der Waals surface area (Å²) in [4.78, 5) is 22.5. The standard InChI is InChI=1S/C16H13Cl2N3O2S/c1-8-9(2)24-16-14(8)15(19-7-20-16)23-6-13(22)21-12-5-10(17)3-4-11(12)18/h3-5,7H,6H2,1-2H3,(H,21,22). The maximum atomic E-state index is 12.1. The van der Waals surface area contributed by atoms with Gasteiger partial charge in [-0.05, 0) is 37.6 Å². The van der Waals surface area contributed by atoms with Crippen molar-refractivity contribution >= 4 is 56.3 Å². The molecule has 3 rings (SSSR count). The molecule has 0 saturated carbocycles. The van der Waals surface area contributed by atoms with Crippen LogP contribution in [0.3, 0.4) is 0 Å². The summed E-state index contributed by atoms with van der Waals surface area (Å²) in [7, 11) is 0. The number of nitrogens with one attached hydrogen (secondary N) is 1. The first-order valence-corrected chi connectivity index (χ1v) is 8.61. The molecule has 1 N–H and O–H groups in total. The SMILES string of the molecule is Cc1sc2ncnc(OCC(=O)Nc3cc(Cl)ccc3Cl)c2c1C. The van der Waals surface area contributed by atoms with E-state index in [1.807, 2.05) is 13.8 Å². The van der Waals surface area contributed by atoms with Crippen molar-refractivity contribution in [2.45, 2.75) is 13.8 Å². The van der Waals surface area contributed by atoms with Gasteiger partial charge in [0.05, 0.1) is 16.1 Å². The fourth-order valence-electron chi connectivity index (χ4n) is 2.17. The van der Waals surface area contributed by atoms with Gasteiger partial charge in [-0.25, -0.2) is 9.97 Å². The highest BCUT2D eigenvalue weighted by atomic mass is 35.5. The Morgan fingerprint density at radius 2 is 2.08 bits per heavy atom. The minimum atomic E-state index is -0.351. The average Bonchev–Trinajstić information content (AvgIpc) is 2.84.